The highest BCUT2D eigenvalue weighted by molar-refractivity contribution is 6.31. The van der Waals surface area contributed by atoms with Gasteiger partial charge < -0.3 is 14.9 Å². The first-order valence-corrected chi connectivity index (χ1v) is 8.39. The molecule has 1 aromatic carbocycles. The number of aliphatic hydroxyl groups is 1. The monoisotopic (exact) mass is 336 g/mol. The molecule has 2 aliphatic rings. The SMILES string of the molecule is CC1CCN(C(=O)C2CCN(c3cccc(Cl)c3)C2=O)CC1O. The number of hydrogen-bond acceptors (Lipinski definition) is 3. The summed E-state index contributed by atoms with van der Waals surface area (Å²) in [5.74, 6) is -0.785. The molecule has 3 atom stereocenters. The first-order chi connectivity index (χ1) is 11.0. The zero-order valence-electron chi connectivity index (χ0n) is 13.1. The van der Waals surface area contributed by atoms with Crippen molar-refractivity contribution in [2.75, 3.05) is 24.5 Å². The van der Waals surface area contributed by atoms with Gasteiger partial charge in [0, 0.05) is 30.3 Å². The zero-order chi connectivity index (χ0) is 16.6. The second-order valence-corrected chi connectivity index (χ2v) is 6.87. The van der Waals surface area contributed by atoms with Gasteiger partial charge in [0.1, 0.15) is 5.92 Å². The van der Waals surface area contributed by atoms with E-state index >= 15 is 0 Å². The van der Waals surface area contributed by atoms with Crippen LogP contribution in [0.1, 0.15) is 19.8 Å². The van der Waals surface area contributed by atoms with Crippen molar-refractivity contribution < 1.29 is 14.7 Å². The molecule has 5 nitrogen and oxygen atoms in total. The lowest BCUT2D eigenvalue weighted by Gasteiger charge is -2.35. The van der Waals surface area contributed by atoms with Crippen LogP contribution in [0, 0.1) is 11.8 Å². The summed E-state index contributed by atoms with van der Waals surface area (Å²) in [6.45, 7) is 3.43. The summed E-state index contributed by atoms with van der Waals surface area (Å²) in [7, 11) is 0. The van der Waals surface area contributed by atoms with Gasteiger partial charge in [-0.2, -0.15) is 0 Å². The maximum atomic E-state index is 12.6. The summed E-state index contributed by atoms with van der Waals surface area (Å²) in [5.41, 5.74) is 0.727. The van der Waals surface area contributed by atoms with Gasteiger partial charge in [-0.25, -0.2) is 0 Å². The molecule has 1 aromatic rings. The largest absolute Gasteiger partial charge is 0.391 e. The molecule has 2 saturated heterocycles. The zero-order valence-corrected chi connectivity index (χ0v) is 13.9. The van der Waals surface area contributed by atoms with Gasteiger partial charge in [-0.1, -0.05) is 24.6 Å². The average Bonchev–Trinajstić information content (AvgIpc) is 2.91. The number of anilines is 1. The maximum Gasteiger partial charge on any atom is 0.239 e. The number of carbonyl (C=O) groups excluding carboxylic acids is 2. The lowest BCUT2D eigenvalue weighted by Crippen LogP contribution is -2.49. The Kier molecular flexibility index (Phi) is 4.60. The van der Waals surface area contributed by atoms with Crippen LogP contribution in [-0.4, -0.2) is 47.6 Å². The van der Waals surface area contributed by atoms with Crippen molar-refractivity contribution in [2.45, 2.75) is 25.9 Å². The van der Waals surface area contributed by atoms with Crippen molar-refractivity contribution in [1.29, 1.82) is 0 Å². The number of carbonyl (C=O) groups is 2. The summed E-state index contributed by atoms with van der Waals surface area (Å²) in [6.07, 6.45) is 0.770. The number of halogens is 1. The van der Waals surface area contributed by atoms with Crippen LogP contribution >= 0.6 is 11.6 Å². The van der Waals surface area contributed by atoms with Crippen molar-refractivity contribution in [2.24, 2.45) is 11.8 Å². The standard InChI is InChI=1S/C17H21ClN2O3/c1-11-5-7-19(10-15(11)21)16(22)14-6-8-20(17(14)23)13-4-2-3-12(18)9-13/h2-4,9,11,14-15,21H,5-8,10H2,1H3. The van der Waals surface area contributed by atoms with Crippen molar-refractivity contribution in [3.05, 3.63) is 29.3 Å². The molecule has 0 bridgehead atoms. The molecule has 124 valence electrons. The molecular formula is C17H21ClN2O3. The molecule has 3 unspecified atom stereocenters. The third-order valence-corrected chi connectivity index (χ3v) is 5.09. The molecule has 2 aliphatic heterocycles. The van der Waals surface area contributed by atoms with Crippen molar-refractivity contribution in [3.63, 3.8) is 0 Å². The molecule has 0 spiro atoms. The highest BCUT2D eigenvalue weighted by Crippen LogP contribution is 2.29. The molecule has 6 heteroatoms. The van der Waals surface area contributed by atoms with Gasteiger partial charge in [0.2, 0.25) is 11.8 Å². The Hall–Kier alpha value is -1.59. The summed E-state index contributed by atoms with van der Waals surface area (Å²) in [4.78, 5) is 28.5. The molecule has 0 saturated carbocycles. The highest BCUT2D eigenvalue weighted by atomic mass is 35.5. The minimum Gasteiger partial charge on any atom is -0.391 e. The fraction of sp³-hybridized carbons (Fsp3) is 0.529. The van der Waals surface area contributed by atoms with Crippen LogP contribution in [0.2, 0.25) is 5.02 Å². The number of hydrogen-bond donors (Lipinski definition) is 1. The molecule has 3 rings (SSSR count). The van der Waals surface area contributed by atoms with E-state index in [4.69, 9.17) is 11.6 Å². The Morgan fingerprint density at radius 2 is 2.09 bits per heavy atom. The Morgan fingerprint density at radius 3 is 2.78 bits per heavy atom. The molecule has 2 amide bonds. The number of β-amino-alcohol motifs (C(OH)–C–C–N with tert-alkyl or cyclic N) is 1. The van der Waals surface area contributed by atoms with Crippen LogP contribution in [0.3, 0.4) is 0 Å². The molecule has 1 N–H and O–H groups in total. The Labute approximate surface area is 140 Å². The maximum absolute atomic E-state index is 12.6. The number of nitrogens with zero attached hydrogens (tertiary/aromatic N) is 2. The van der Waals surface area contributed by atoms with Gasteiger partial charge in [0.25, 0.3) is 0 Å². The van der Waals surface area contributed by atoms with Crippen LogP contribution in [0.25, 0.3) is 0 Å². The molecule has 0 radical (unpaired) electrons. The fourth-order valence-corrected chi connectivity index (χ4v) is 3.46. The predicted octanol–water partition coefficient (Wildman–Crippen LogP) is 1.92. The van der Waals surface area contributed by atoms with Crippen molar-refractivity contribution in [1.82, 2.24) is 4.90 Å². The molecule has 0 aliphatic carbocycles. The number of rotatable bonds is 2. The van der Waals surface area contributed by atoms with Gasteiger partial charge in [0.15, 0.2) is 0 Å². The van der Waals surface area contributed by atoms with E-state index in [0.717, 1.165) is 12.1 Å². The predicted molar refractivity (Wildman–Crippen MR) is 88.3 cm³/mol. The van der Waals surface area contributed by atoms with Gasteiger partial charge in [-0.05, 0) is 37.0 Å². The number of amides is 2. The molecule has 2 fully saturated rings. The molecule has 23 heavy (non-hydrogen) atoms. The second kappa shape index (κ2) is 6.49. The van der Waals surface area contributed by atoms with E-state index in [-0.39, 0.29) is 17.7 Å². The third kappa shape index (κ3) is 3.21. The lowest BCUT2D eigenvalue weighted by molar-refractivity contribution is -0.143. The molecule has 2 heterocycles. The van der Waals surface area contributed by atoms with E-state index in [9.17, 15) is 14.7 Å². The van der Waals surface area contributed by atoms with E-state index in [0.29, 0.717) is 31.1 Å². The summed E-state index contributed by atoms with van der Waals surface area (Å²) < 4.78 is 0. The highest BCUT2D eigenvalue weighted by Gasteiger charge is 2.41. The average molecular weight is 337 g/mol. The number of piperidine rings is 1. The second-order valence-electron chi connectivity index (χ2n) is 6.43. The first kappa shape index (κ1) is 16.3. The van der Waals surface area contributed by atoms with Crippen molar-refractivity contribution in [3.8, 4) is 0 Å². The van der Waals surface area contributed by atoms with Crippen LogP contribution in [0.4, 0.5) is 5.69 Å². The lowest BCUT2D eigenvalue weighted by atomic mass is 9.94. The number of benzene rings is 1. The molecular weight excluding hydrogens is 316 g/mol. The normalized spacial score (nSPS) is 28.3. The van der Waals surface area contributed by atoms with E-state index in [1.54, 1.807) is 28.0 Å². The van der Waals surface area contributed by atoms with Gasteiger partial charge in [0.05, 0.1) is 6.10 Å². The third-order valence-electron chi connectivity index (χ3n) is 4.85. The Bertz CT molecular complexity index is 622. The summed E-state index contributed by atoms with van der Waals surface area (Å²) >= 11 is 5.98. The Morgan fingerprint density at radius 1 is 1.30 bits per heavy atom. The van der Waals surface area contributed by atoms with Crippen LogP contribution in [0.15, 0.2) is 24.3 Å². The number of likely N-dealkylation sites (tertiary alicyclic amines) is 1. The van der Waals surface area contributed by atoms with Gasteiger partial charge >= 0.3 is 0 Å². The van der Waals surface area contributed by atoms with E-state index in [1.165, 1.54) is 0 Å². The van der Waals surface area contributed by atoms with Gasteiger partial charge in [-0.15, -0.1) is 0 Å². The van der Waals surface area contributed by atoms with Crippen molar-refractivity contribution >= 4 is 29.1 Å². The summed E-state index contributed by atoms with van der Waals surface area (Å²) in [5, 5.41) is 10.5. The smallest absolute Gasteiger partial charge is 0.239 e. The fourth-order valence-electron chi connectivity index (χ4n) is 3.28. The van der Waals surface area contributed by atoms with Gasteiger partial charge in [-0.3, -0.25) is 9.59 Å². The number of aliphatic hydroxyl groups excluding tert-OH is 1. The van der Waals surface area contributed by atoms with Crippen LogP contribution in [0.5, 0.6) is 0 Å². The molecule has 0 aromatic heterocycles. The van der Waals surface area contributed by atoms with Crippen LogP contribution in [-0.2, 0) is 9.59 Å². The Balaban J connectivity index is 1.70. The summed E-state index contributed by atoms with van der Waals surface area (Å²) in [6, 6.07) is 7.11. The van der Waals surface area contributed by atoms with E-state index in [1.807, 2.05) is 13.0 Å². The van der Waals surface area contributed by atoms with Crippen LogP contribution < -0.4 is 4.90 Å². The quantitative estimate of drug-likeness (QED) is 0.839. The van der Waals surface area contributed by atoms with E-state index in [2.05, 4.69) is 0 Å². The minimum absolute atomic E-state index is 0.162. The first-order valence-electron chi connectivity index (χ1n) is 8.01. The van der Waals surface area contributed by atoms with E-state index < -0.39 is 12.0 Å². The topological polar surface area (TPSA) is 60.9 Å². The minimum atomic E-state index is -0.644.